The first kappa shape index (κ1) is 28.5. The number of hydrogen-bond donors (Lipinski definition) is 1. The fourth-order valence-corrected chi connectivity index (χ4v) is 5.79. The molecule has 2 aromatic rings. The zero-order valence-electron chi connectivity index (χ0n) is 20.0. The van der Waals surface area contributed by atoms with Crippen molar-refractivity contribution in [3.8, 4) is 0 Å². The summed E-state index contributed by atoms with van der Waals surface area (Å²) in [6, 6.07) is 8.56. The van der Waals surface area contributed by atoms with Gasteiger partial charge in [0.1, 0.15) is 6.10 Å². The predicted molar refractivity (Wildman–Crippen MR) is 130 cm³/mol. The quantitative estimate of drug-likeness (QED) is 0.348. The highest BCUT2D eigenvalue weighted by Crippen LogP contribution is 2.55. The summed E-state index contributed by atoms with van der Waals surface area (Å²) in [7, 11) is 0. The standard InChI is InChI=1S/C22H25N2O11PS/c1-4-37-36(30,31)32-12-16-18(33-13(2)25)19(34-14(3)26)21(35-16)23-11-10-17(27)24(22(23)29)20(28)15-8-6-5-7-9-15/h5-11,16,18-19,21H,4,12H2,1-3H3,(H,30,31)/t16-,18-,19-,21-/m1/s1. The van der Waals surface area contributed by atoms with Crippen LogP contribution in [0.3, 0.4) is 0 Å². The van der Waals surface area contributed by atoms with E-state index < -0.39 is 67.0 Å². The molecule has 15 heteroatoms. The Hall–Kier alpha value is -3.03. The van der Waals surface area contributed by atoms with E-state index in [1.165, 1.54) is 12.1 Å². The lowest BCUT2D eigenvalue weighted by Crippen LogP contribution is -2.47. The smallest absolute Gasteiger partial charge is 0.386 e. The van der Waals surface area contributed by atoms with Crippen LogP contribution in [0.25, 0.3) is 0 Å². The highest BCUT2D eigenvalue weighted by atomic mass is 32.7. The molecular formula is C22H25N2O11PS. The van der Waals surface area contributed by atoms with Crippen molar-refractivity contribution in [3.05, 3.63) is 69.0 Å². The molecule has 1 saturated heterocycles. The number of carbonyl (C=O) groups is 3. The summed E-state index contributed by atoms with van der Waals surface area (Å²) in [5.41, 5.74) is -1.95. The van der Waals surface area contributed by atoms with Crippen LogP contribution in [0.2, 0.25) is 0 Å². The molecule has 1 aliphatic heterocycles. The van der Waals surface area contributed by atoms with E-state index in [0.29, 0.717) is 15.9 Å². The van der Waals surface area contributed by atoms with Crippen LogP contribution in [0.15, 0.2) is 52.2 Å². The van der Waals surface area contributed by atoms with Crippen molar-refractivity contribution in [2.45, 2.75) is 45.3 Å². The maximum absolute atomic E-state index is 13.3. The van der Waals surface area contributed by atoms with Gasteiger partial charge in [-0.1, -0.05) is 25.1 Å². The van der Waals surface area contributed by atoms with Crippen LogP contribution in [0, 0.1) is 0 Å². The van der Waals surface area contributed by atoms with E-state index in [1.54, 1.807) is 25.1 Å². The van der Waals surface area contributed by atoms with Crippen molar-refractivity contribution >= 4 is 36.0 Å². The Labute approximate surface area is 214 Å². The van der Waals surface area contributed by atoms with Gasteiger partial charge in [0.15, 0.2) is 18.4 Å². The topological polar surface area (TPSA) is 169 Å². The highest BCUT2D eigenvalue weighted by molar-refractivity contribution is 8.54. The van der Waals surface area contributed by atoms with Gasteiger partial charge < -0.3 is 19.1 Å². The number of hydrogen-bond acceptors (Lipinski definition) is 11. The summed E-state index contributed by atoms with van der Waals surface area (Å²) in [5.74, 6) is -2.23. The van der Waals surface area contributed by atoms with Crippen LogP contribution in [-0.4, -0.2) is 62.5 Å². The van der Waals surface area contributed by atoms with Gasteiger partial charge in [-0.05, 0) is 23.5 Å². The maximum atomic E-state index is 13.3. The molecule has 1 N–H and O–H groups in total. The van der Waals surface area contributed by atoms with Gasteiger partial charge in [0, 0.05) is 37.4 Å². The average Bonchev–Trinajstić information content (AvgIpc) is 3.14. The van der Waals surface area contributed by atoms with Crippen molar-refractivity contribution in [1.82, 2.24) is 9.13 Å². The summed E-state index contributed by atoms with van der Waals surface area (Å²) < 4.78 is 34.9. The van der Waals surface area contributed by atoms with E-state index in [4.69, 9.17) is 18.7 Å². The monoisotopic (exact) mass is 556 g/mol. The van der Waals surface area contributed by atoms with Crippen molar-refractivity contribution in [2.24, 2.45) is 0 Å². The largest absolute Gasteiger partial charge is 0.456 e. The van der Waals surface area contributed by atoms with Crippen molar-refractivity contribution in [2.75, 3.05) is 12.4 Å². The molecule has 0 saturated carbocycles. The molecule has 5 atom stereocenters. The third-order valence-electron chi connectivity index (χ3n) is 5.09. The van der Waals surface area contributed by atoms with Crippen molar-refractivity contribution < 1.29 is 42.6 Å². The summed E-state index contributed by atoms with van der Waals surface area (Å²) in [5, 5.41) is 0. The molecule has 0 bridgehead atoms. The fraction of sp³-hybridized carbons (Fsp3) is 0.409. The second-order valence-corrected chi connectivity index (χ2v) is 11.9. The van der Waals surface area contributed by atoms with Gasteiger partial charge in [0.05, 0.1) is 6.61 Å². The molecule has 0 spiro atoms. The third kappa shape index (κ3) is 6.84. The minimum absolute atomic E-state index is 0.0690. The number of aromatic nitrogens is 2. The Balaban J connectivity index is 2.05. The zero-order valence-corrected chi connectivity index (χ0v) is 21.8. The van der Waals surface area contributed by atoms with Crippen LogP contribution in [0.5, 0.6) is 0 Å². The molecular weight excluding hydrogens is 531 g/mol. The summed E-state index contributed by atoms with van der Waals surface area (Å²) >= 11 is 0.657. The second kappa shape index (κ2) is 12.0. The molecule has 13 nitrogen and oxygen atoms in total. The first-order valence-corrected chi connectivity index (χ1v) is 14.2. The summed E-state index contributed by atoms with van der Waals surface area (Å²) in [6.07, 6.45) is -4.48. The molecule has 0 radical (unpaired) electrons. The Bertz CT molecular complexity index is 1330. The first-order valence-electron chi connectivity index (χ1n) is 11.0. The Morgan fingerprint density at radius 2 is 1.68 bits per heavy atom. The lowest BCUT2D eigenvalue weighted by molar-refractivity contribution is -0.165. The van der Waals surface area contributed by atoms with E-state index in [-0.39, 0.29) is 11.3 Å². The number of benzene rings is 1. The van der Waals surface area contributed by atoms with E-state index in [9.17, 15) is 33.4 Å². The molecule has 37 heavy (non-hydrogen) atoms. The fourth-order valence-electron chi connectivity index (χ4n) is 3.67. The van der Waals surface area contributed by atoms with Crippen LogP contribution in [-0.2, 0) is 32.9 Å². The maximum Gasteiger partial charge on any atom is 0.386 e. The minimum atomic E-state index is -4.09. The first-order chi connectivity index (χ1) is 17.4. The summed E-state index contributed by atoms with van der Waals surface area (Å²) in [4.78, 5) is 72.4. The van der Waals surface area contributed by atoms with Gasteiger partial charge in [-0.25, -0.2) is 9.36 Å². The zero-order chi connectivity index (χ0) is 27.3. The number of rotatable bonds is 9. The van der Waals surface area contributed by atoms with Gasteiger partial charge in [-0.3, -0.25) is 28.3 Å². The molecule has 1 aromatic carbocycles. The number of ether oxygens (including phenoxy) is 3. The van der Waals surface area contributed by atoms with Gasteiger partial charge in [0.2, 0.25) is 0 Å². The molecule has 1 fully saturated rings. The normalized spacial score (nSPS) is 22.7. The number of carbonyl (C=O) groups excluding carboxylic acids is 3. The van der Waals surface area contributed by atoms with Crippen molar-refractivity contribution in [1.29, 1.82) is 0 Å². The molecule has 3 rings (SSSR count). The minimum Gasteiger partial charge on any atom is -0.456 e. The second-order valence-electron chi connectivity index (χ2n) is 7.75. The SMILES string of the molecule is CCSP(=O)(O)OC[C@H]1O[C@@H](n2ccc(=O)n(C(=O)c3ccccc3)c2=O)[C@H](OC(C)=O)[C@@H]1OC(C)=O. The van der Waals surface area contributed by atoms with Gasteiger partial charge in [-0.2, -0.15) is 4.57 Å². The lowest BCUT2D eigenvalue weighted by atomic mass is 10.1. The average molecular weight is 556 g/mol. The van der Waals surface area contributed by atoms with Gasteiger partial charge in [-0.15, -0.1) is 0 Å². The molecule has 2 heterocycles. The predicted octanol–water partition coefficient (Wildman–Crippen LogP) is 1.33. The van der Waals surface area contributed by atoms with E-state index >= 15 is 0 Å². The van der Waals surface area contributed by atoms with E-state index in [2.05, 4.69) is 0 Å². The van der Waals surface area contributed by atoms with E-state index in [0.717, 1.165) is 30.7 Å². The van der Waals surface area contributed by atoms with Gasteiger partial charge in [0.25, 0.3) is 11.5 Å². The summed E-state index contributed by atoms with van der Waals surface area (Å²) in [6.45, 7) is -0.837. The third-order valence-corrected chi connectivity index (χ3v) is 8.22. The van der Waals surface area contributed by atoms with Gasteiger partial charge >= 0.3 is 24.4 Å². The molecule has 200 valence electrons. The number of esters is 2. The van der Waals surface area contributed by atoms with Crippen LogP contribution >= 0.6 is 18.2 Å². The molecule has 0 amide bonds. The molecule has 0 aliphatic carbocycles. The highest BCUT2D eigenvalue weighted by Gasteiger charge is 2.51. The van der Waals surface area contributed by atoms with Crippen molar-refractivity contribution in [3.63, 3.8) is 0 Å². The lowest BCUT2D eigenvalue weighted by Gasteiger charge is -2.24. The van der Waals surface area contributed by atoms with E-state index in [1.807, 2.05) is 0 Å². The number of nitrogens with zero attached hydrogens (tertiary/aromatic N) is 2. The van der Waals surface area contributed by atoms with Crippen LogP contribution in [0.1, 0.15) is 37.4 Å². The van der Waals surface area contributed by atoms with Crippen LogP contribution < -0.4 is 11.2 Å². The molecule has 1 aliphatic rings. The Morgan fingerprint density at radius 1 is 1.05 bits per heavy atom. The van der Waals surface area contributed by atoms with Crippen LogP contribution in [0.4, 0.5) is 0 Å². The Morgan fingerprint density at radius 3 is 2.27 bits per heavy atom. The molecule has 1 aromatic heterocycles. The molecule has 1 unspecified atom stereocenters. The Kier molecular flexibility index (Phi) is 9.26.